The van der Waals surface area contributed by atoms with Gasteiger partial charge in [0.2, 0.25) is 5.95 Å². The van der Waals surface area contributed by atoms with E-state index in [1.165, 1.54) is 24.3 Å². The largest absolute Gasteiger partial charge is 0.324 e. The highest BCUT2D eigenvalue weighted by Gasteiger charge is 2.06. The number of rotatable bonds is 3. The summed E-state index contributed by atoms with van der Waals surface area (Å²) in [7, 11) is 0. The minimum absolute atomic E-state index is 0.170. The third kappa shape index (κ3) is 2.99. The van der Waals surface area contributed by atoms with Crippen molar-refractivity contribution < 1.29 is 9.18 Å². The number of aromatic amines is 1. The topological polar surface area (TPSA) is 57.8 Å². The summed E-state index contributed by atoms with van der Waals surface area (Å²) < 4.78 is 13.6. The van der Waals surface area contributed by atoms with E-state index in [1.54, 1.807) is 6.07 Å². The van der Waals surface area contributed by atoms with E-state index in [0.29, 0.717) is 5.95 Å². The third-order valence-corrected chi connectivity index (χ3v) is 3.36. The molecule has 4 nitrogen and oxygen atoms in total. The first-order chi connectivity index (χ1) is 10.6. The molecule has 3 aromatic rings. The number of hydrogen-bond acceptors (Lipinski definition) is 2. The molecule has 0 saturated carbocycles. The number of carbonyl (C=O) groups excluding carboxylic acids is 1. The quantitative estimate of drug-likeness (QED) is 0.717. The number of aromatic nitrogens is 2. The number of amides is 1. The average Bonchev–Trinajstić information content (AvgIpc) is 2.88. The number of halogens is 2. The number of nitrogens with zero attached hydrogens (tertiary/aromatic N) is 1. The zero-order valence-corrected chi connectivity index (χ0v) is 12.1. The summed E-state index contributed by atoms with van der Waals surface area (Å²) in [4.78, 5) is 19.1. The molecule has 0 aliphatic carbocycles. The number of anilines is 1. The number of carbonyl (C=O) groups is 1. The molecule has 0 unspecified atom stereocenters. The molecule has 3 rings (SSSR count). The third-order valence-electron chi connectivity index (χ3n) is 3.03. The second kappa shape index (κ2) is 5.99. The Hall–Kier alpha value is -2.66. The van der Waals surface area contributed by atoms with Gasteiger partial charge in [0.05, 0.1) is 16.1 Å². The zero-order valence-electron chi connectivity index (χ0n) is 11.3. The van der Waals surface area contributed by atoms with Crippen LogP contribution in [-0.2, 0) is 4.79 Å². The van der Waals surface area contributed by atoms with E-state index in [1.807, 2.05) is 24.3 Å². The van der Waals surface area contributed by atoms with Crippen LogP contribution in [0.15, 0.2) is 48.5 Å². The van der Waals surface area contributed by atoms with E-state index in [9.17, 15) is 9.18 Å². The number of fused-ring (bicyclic) bond motifs is 1. The fourth-order valence-corrected chi connectivity index (χ4v) is 2.23. The van der Waals surface area contributed by atoms with E-state index in [0.717, 1.165) is 11.0 Å². The molecule has 22 heavy (non-hydrogen) atoms. The lowest BCUT2D eigenvalue weighted by Crippen LogP contribution is -2.09. The molecule has 0 bridgehead atoms. The van der Waals surface area contributed by atoms with Crippen LogP contribution in [0.4, 0.5) is 10.3 Å². The predicted molar refractivity (Wildman–Crippen MR) is 85.2 cm³/mol. The minimum atomic E-state index is -0.486. The second-order valence-electron chi connectivity index (χ2n) is 4.56. The van der Waals surface area contributed by atoms with Gasteiger partial charge in [-0.05, 0) is 30.3 Å². The summed E-state index contributed by atoms with van der Waals surface area (Å²) >= 11 is 5.89. The zero-order chi connectivity index (χ0) is 15.5. The maximum atomic E-state index is 13.6. The van der Waals surface area contributed by atoms with E-state index >= 15 is 0 Å². The molecule has 0 aliphatic heterocycles. The molecule has 1 amide bonds. The van der Waals surface area contributed by atoms with Crippen molar-refractivity contribution in [2.75, 3.05) is 5.32 Å². The van der Waals surface area contributed by atoms with Gasteiger partial charge in [-0.1, -0.05) is 29.8 Å². The Morgan fingerprint density at radius 1 is 1.23 bits per heavy atom. The Bertz CT molecular complexity index is 819. The summed E-state index contributed by atoms with van der Waals surface area (Å²) in [5.41, 5.74) is 1.74. The summed E-state index contributed by atoms with van der Waals surface area (Å²) in [6.45, 7) is 0. The first-order valence-corrected chi connectivity index (χ1v) is 6.89. The normalized spacial score (nSPS) is 11.2. The first kappa shape index (κ1) is 14.3. The number of nitrogens with one attached hydrogen (secondary N) is 2. The van der Waals surface area contributed by atoms with Crippen molar-refractivity contribution in [3.05, 3.63) is 64.9 Å². The van der Waals surface area contributed by atoms with Crippen molar-refractivity contribution in [3.63, 3.8) is 0 Å². The van der Waals surface area contributed by atoms with Crippen LogP contribution in [0.25, 0.3) is 17.1 Å². The van der Waals surface area contributed by atoms with Gasteiger partial charge >= 0.3 is 0 Å². The lowest BCUT2D eigenvalue weighted by atomic mass is 10.2. The van der Waals surface area contributed by atoms with Crippen LogP contribution in [0.5, 0.6) is 0 Å². The number of para-hydroxylation sites is 2. The van der Waals surface area contributed by atoms with Gasteiger partial charge in [0.25, 0.3) is 5.91 Å². The predicted octanol–water partition coefficient (Wildman–Crippen LogP) is 4.01. The van der Waals surface area contributed by atoms with Gasteiger partial charge in [0.15, 0.2) is 0 Å². The molecule has 0 spiro atoms. The number of imidazole rings is 1. The fourth-order valence-electron chi connectivity index (χ4n) is 2.00. The molecule has 0 atom stereocenters. The molecule has 1 aromatic heterocycles. The number of benzene rings is 2. The van der Waals surface area contributed by atoms with Crippen LogP contribution in [-0.4, -0.2) is 15.9 Å². The standard InChI is InChI=1S/C16H11ClFN3O/c17-11-4-3-5-12(18)10(11)8-9-15(22)21-16-19-13-6-1-2-7-14(13)20-16/h1-9H,(H2,19,20,21,22)/b9-8+. The molecule has 0 aliphatic rings. The van der Waals surface area contributed by atoms with Crippen molar-refractivity contribution in [3.8, 4) is 0 Å². The monoisotopic (exact) mass is 315 g/mol. The van der Waals surface area contributed by atoms with Crippen LogP contribution < -0.4 is 5.32 Å². The van der Waals surface area contributed by atoms with Crippen molar-refractivity contribution in [1.82, 2.24) is 9.97 Å². The molecular formula is C16H11ClFN3O. The lowest BCUT2D eigenvalue weighted by molar-refractivity contribution is -0.111. The van der Waals surface area contributed by atoms with Gasteiger partial charge in [-0.3, -0.25) is 10.1 Å². The van der Waals surface area contributed by atoms with Gasteiger partial charge in [0, 0.05) is 11.6 Å². The summed E-state index contributed by atoms with van der Waals surface area (Å²) in [6, 6.07) is 11.7. The van der Waals surface area contributed by atoms with Crippen LogP contribution in [0.2, 0.25) is 5.02 Å². The molecule has 0 fully saturated rings. The van der Waals surface area contributed by atoms with Crippen LogP contribution in [0, 0.1) is 5.82 Å². The highest BCUT2D eigenvalue weighted by molar-refractivity contribution is 6.32. The van der Waals surface area contributed by atoms with Gasteiger partial charge in [-0.25, -0.2) is 9.37 Å². The SMILES string of the molecule is O=C(/C=C/c1c(F)cccc1Cl)Nc1nc2ccccc2[nH]1. The summed E-state index contributed by atoms with van der Waals surface area (Å²) in [5.74, 6) is -0.589. The second-order valence-corrected chi connectivity index (χ2v) is 4.97. The van der Waals surface area contributed by atoms with Crippen LogP contribution in [0.1, 0.15) is 5.56 Å². The maximum Gasteiger partial charge on any atom is 0.250 e. The molecule has 0 radical (unpaired) electrons. The van der Waals surface area contributed by atoms with E-state index < -0.39 is 11.7 Å². The average molecular weight is 316 g/mol. The van der Waals surface area contributed by atoms with Crippen molar-refractivity contribution in [1.29, 1.82) is 0 Å². The lowest BCUT2D eigenvalue weighted by Gasteiger charge is -2.00. The van der Waals surface area contributed by atoms with Crippen LogP contribution >= 0.6 is 11.6 Å². The molecule has 110 valence electrons. The van der Waals surface area contributed by atoms with Gasteiger partial charge in [-0.2, -0.15) is 0 Å². The fraction of sp³-hybridized carbons (Fsp3) is 0. The molecule has 2 aromatic carbocycles. The Morgan fingerprint density at radius 3 is 2.82 bits per heavy atom. The van der Waals surface area contributed by atoms with Crippen LogP contribution in [0.3, 0.4) is 0 Å². The molecule has 1 heterocycles. The summed E-state index contributed by atoms with van der Waals surface area (Å²) in [6.07, 6.45) is 2.53. The van der Waals surface area contributed by atoms with Crippen molar-refractivity contribution in [2.45, 2.75) is 0 Å². The van der Waals surface area contributed by atoms with Crippen molar-refractivity contribution >= 4 is 40.6 Å². The van der Waals surface area contributed by atoms with E-state index in [4.69, 9.17) is 11.6 Å². The highest BCUT2D eigenvalue weighted by atomic mass is 35.5. The van der Waals surface area contributed by atoms with Gasteiger partial charge in [0.1, 0.15) is 5.82 Å². The number of H-pyrrole nitrogens is 1. The Morgan fingerprint density at radius 2 is 2.05 bits per heavy atom. The van der Waals surface area contributed by atoms with Crippen molar-refractivity contribution in [2.24, 2.45) is 0 Å². The Labute approximate surface area is 130 Å². The maximum absolute atomic E-state index is 13.6. The number of hydrogen-bond donors (Lipinski definition) is 2. The van der Waals surface area contributed by atoms with Gasteiger partial charge < -0.3 is 4.98 Å². The highest BCUT2D eigenvalue weighted by Crippen LogP contribution is 2.20. The Kier molecular flexibility index (Phi) is 3.89. The minimum Gasteiger partial charge on any atom is -0.324 e. The van der Waals surface area contributed by atoms with Gasteiger partial charge in [-0.15, -0.1) is 0 Å². The molecule has 6 heteroatoms. The molecule has 2 N–H and O–H groups in total. The molecular weight excluding hydrogens is 305 g/mol. The first-order valence-electron chi connectivity index (χ1n) is 6.51. The Balaban J connectivity index is 1.76. The van der Waals surface area contributed by atoms with E-state index in [2.05, 4.69) is 15.3 Å². The van der Waals surface area contributed by atoms with E-state index in [-0.39, 0.29) is 10.6 Å². The smallest absolute Gasteiger partial charge is 0.250 e. The summed E-state index contributed by atoms with van der Waals surface area (Å²) in [5, 5.41) is 2.83. The molecule has 0 saturated heterocycles.